The largest absolute Gasteiger partial charge is 0.394 e. The van der Waals surface area contributed by atoms with Crippen LogP contribution in [0.5, 0.6) is 0 Å². The highest BCUT2D eigenvalue weighted by Gasteiger charge is 2.56. The molecule has 0 radical (unpaired) electrons. The van der Waals surface area contributed by atoms with Crippen molar-refractivity contribution in [1.82, 2.24) is 0 Å². The fourth-order valence-electron chi connectivity index (χ4n) is 4.45. The third-order valence-corrected chi connectivity index (χ3v) is 6.15. The molecule has 5 atom stereocenters. The van der Waals surface area contributed by atoms with Gasteiger partial charge in [-0.3, -0.25) is 0 Å². The lowest BCUT2D eigenvalue weighted by Gasteiger charge is -2.28. The average Bonchev–Trinajstić information content (AvgIpc) is 3.19. The van der Waals surface area contributed by atoms with E-state index >= 15 is 0 Å². The Kier molecular flexibility index (Phi) is 12.2. The zero-order valence-electron chi connectivity index (χ0n) is 19.5. The second kappa shape index (κ2) is 14.0. The third kappa shape index (κ3) is 8.71. The van der Waals surface area contributed by atoms with E-state index in [-0.39, 0.29) is 12.7 Å². The summed E-state index contributed by atoms with van der Waals surface area (Å²) >= 11 is 0. The summed E-state index contributed by atoms with van der Waals surface area (Å²) in [5.41, 5.74) is 0. The van der Waals surface area contributed by atoms with Crippen LogP contribution in [-0.4, -0.2) is 59.9 Å². The lowest BCUT2D eigenvalue weighted by atomic mass is 10.0. The van der Waals surface area contributed by atoms with Crippen molar-refractivity contribution in [3.63, 3.8) is 0 Å². The number of hydrogen-bond donors (Lipinski definition) is 2. The summed E-state index contributed by atoms with van der Waals surface area (Å²) in [5, 5.41) is 19.4. The fourth-order valence-corrected chi connectivity index (χ4v) is 4.45. The number of ether oxygens (including phenoxy) is 4. The summed E-state index contributed by atoms with van der Waals surface area (Å²) in [6, 6.07) is 0. The Bertz CT molecular complexity index is 443. The van der Waals surface area contributed by atoms with Crippen LogP contribution >= 0.6 is 0 Å². The quantitative estimate of drug-likeness (QED) is 0.326. The molecule has 2 aliphatic rings. The minimum absolute atomic E-state index is 0.367. The van der Waals surface area contributed by atoms with Gasteiger partial charge in [0.1, 0.15) is 24.4 Å². The summed E-state index contributed by atoms with van der Waals surface area (Å²) in [6.45, 7) is 6.19. The topological polar surface area (TPSA) is 77.4 Å². The number of fused-ring (bicyclic) bond motifs is 1. The molecule has 2 saturated heterocycles. The van der Waals surface area contributed by atoms with Crippen LogP contribution in [0.4, 0.5) is 0 Å². The normalized spacial score (nSPS) is 28.7. The first-order valence-electron chi connectivity index (χ1n) is 12.4. The van der Waals surface area contributed by atoms with Gasteiger partial charge in [0.25, 0.3) is 0 Å². The van der Waals surface area contributed by atoms with E-state index in [1.807, 2.05) is 13.8 Å². The average molecular weight is 431 g/mol. The molecule has 6 heteroatoms. The number of aliphatic hydroxyl groups is 2. The Morgan fingerprint density at radius 3 is 1.90 bits per heavy atom. The maximum absolute atomic E-state index is 10.1. The molecule has 0 aromatic heterocycles. The van der Waals surface area contributed by atoms with E-state index in [0.717, 1.165) is 12.8 Å². The van der Waals surface area contributed by atoms with Crippen LogP contribution in [0, 0.1) is 0 Å². The summed E-state index contributed by atoms with van der Waals surface area (Å²) in [4.78, 5) is 0. The first kappa shape index (κ1) is 26.0. The number of rotatable bonds is 17. The van der Waals surface area contributed by atoms with Gasteiger partial charge in [0.2, 0.25) is 0 Å². The van der Waals surface area contributed by atoms with Gasteiger partial charge in [-0.2, -0.15) is 0 Å². The van der Waals surface area contributed by atoms with Crippen LogP contribution < -0.4 is 0 Å². The zero-order valence-corrected chi connectivity index (χ0v) is 19.5. The second-order valence-electron chi connectivity index (χ2n) is 9.40. The first-order chi connectivity index (χ1) is 14.5. The molecule has 2 rings (SSSR count). The molecule has 0 unspecified atom stereocenters. The Hall–Kier alpha value is -0.240. The van der Waals surface area contributed by atoms with Gasteiger partial charge in [-0.25, -0.2) is 0 Å². The van der Waals surface area contributed by atoms with E-state index in [9.17, 15) is 10.2 Å². The van der Waals surface area contributed by atoms with Crippen molar-refractivity contribution in [2.45, 2.75) is 141 Å². The monoisotopic (exact) mass is 430 g/mol. The van der Waals surface area contributed by atoms with Crippen molar-refractivity contribution in [1.29, 1.82) is 0 Å². The highest BCUT2D eigenvalue weighted by Crippen LogP contribution is 2.39. The molecule has 2 heterocycles. The molecule has 0 bridgehead atoms. The Morgan fingerprint density at radius 1 is 0.833 bits per heavy atom. The Balaban J connectivity index is 1.51. The van der Waals surface area contributed by atoms with E-state index in [2.05, 4.69) is 6.92 Å². The van der Waals surface area contributed by atoms with Gasteiger partial charge in [0.05, 0.1) is 6.61 Å². The molecule has 0 aromatic rings. The maximum atomic E-state index is 10.1. The Labute approximate surface area is 183 Å². The van der Waals surface area contributed by atoms with E-state index < -0.39 is 30.4 Å². The van der Waals surface area contributed by atoms with Gasteiger partial charge < -0.3 is 29.2 Å². The summed E-state index contributed by atoms with van der Waals surface area (Å²) in [6.07, 6.45) is 14.1. The van der Waals surface area contributed by atoms with Gasteiger partial charge in [0.15, 0.2) is 12.1 Å². The number of aliphatic hydroxyl groups excluding tert-OH is 2. The second-order valence-corrected chi connectivity index (χ2v) is 9.40. The van der Waals surface area contributed by atoms with Crippen LogP contribution in [0.15, 0.2) is 0 Å². The van der Waals surface area contributed by atoms with Gasteiger partial charge in [-0.1, -0.05) is 84.0 Å². The fraction of sp³-hybridized carbons (Fsp3) is 1.00. The van der Waals surface area contributed by atoms with Crippen molar-refractivity contribution >= 4 is 0 Å². The minimum atomic E-state index is -0.998. The standard InChI is InChI=1S/C24H46O6/c1-4-5-6-7-8-9-10-11-12-13-14-15-16-17-27-21-20(19(26)18-25)28-23-22(21)29-24(2,3)30-23/h19-23,25-26H,4-18H2,1-3H3/t19-,20-,21+,22-,23-/m1/s1. The first-order valence-corrected chi connectivity index (χ1v) is 12.4. The highest BCUT2D eigenvalue weighted by molar-refractivity contribution is 4.96. The summed E-state index contributed by atoms with van der Waals surface area (Å²) in [5.74, 6) is -0.721. The van der Waals surface area contributed by atoms with Crippen LogP contribution in [0.3, 0.4) is 0 Å². The van der Waals surface area contributed by atoms with Gasteiger partial charge in [-0.15, -0.1) is 0 Å². The lowest BCUT2D eigenvalue weighted by molar-refractivity contribution is -0.231. The minimum Gasteiger partial charge on any atom is -0.394 e. The van der Waals surface area contributed by atoms with Crippen molar-refractivity contribution in [3.05, 3.63) is 0 Å². The molecule has 2 fully saturated rings. The van der Waals surface area contributed by atoms with Gasteiger partial charge >= 0.3 is 0 Å². The van der Waals surface area contributed by atoms with Crippen LogP contribution in [0.1, 0.15) is 104 Å². The number of unbranched alkanes of at least 4 members (excludes halogenated alkanes) is 12. The third-order valence-electron chi connectivity index (χ3n) is 6.15. The molecule has 6 nitrogen and oxygen atoms in total. The predicted octanol–water partition coefficient (Wildman–Crippen LogP) is 4.69. The molecule has 0 saturated carbocycles. The smallest absolute Gasteiger partial charge is 0.190 e. The van der Waals surface area contributed by atoms with Crippen molar-refractivity contribution in [2.24, 2.45) is 0 Å². The van der Waals surface area contributed by atoms with E-state index in [4.69, 9.17) is 18.9 Å². The van der Waals surface area contributed by atoms with Crippen molar-refractivity contribution in [3.8, 4) is 0 Å². The Morgan fingerprint density at radius 2 is 1.37 bits per heavy atom. The molecular formula is C24H46O6. The van der Waals surface area contributed by atoms with E-state index in [1.165, 1.54) is 70.6 Å². The van der Waals surface area contributed by atoms with E-state index in [1.54, 1.807) is 0 Å². The molecule has 0 aromatic carbocycles. The molecule has 2 aliphatic heterocycles. The van der Waals surface area contributed by atoms with Gasteiger partial charge in [-0.05, 0) is 20.3 Å². The van der Waals surface area contributed by atoms with Crippen molar-refractivity contribution < 1.29 is 29.2 Å². The van der Waals surface area contributed by atoms with Crippen LogP contribution in [-0.2, 0) is 18.9 Å². The van der Waals surface area contributed by atoms with Crippen LogP contribution in [0.2, 0.25) is 0 Å². The molecule has 178 valence electrons. The molecular weight excluding hydrogens is 384 g/mol. The van der Waals surface area contributed by atoms with Gasteiger partial charge in [0, 0.05) is 6.61 Å². The maximum Gasteiger partial charge on any atom is 0.190 e. The highest BCUT2D eigenvalue weighted by atomic mass is 16.8. The molecule has 30 heavy (non-hydrogen) atoms. The van der Waals surface area contributed by atoms with Crippen LogP contribution in [0.25, 0.3) is 0 Å². The molecule has 2 N–H and O–H groups in total. The lowest BCUT2D eigenvalue weighted by Crippen LogP contribution is -2.44. The SMILES string of the molecule is CCCCCCCCCCCCCCCO[C@@H]1[C@H]2OC(C)(C)O[C@H]2O[C@@H]1[C@H](O)CO. The molecule has 0 spiro atoms. The van der Waals surface area contributed by atoms with Crippen molar-refractivity contribution in [2.75, 3.05) is 13.2 Å². The molecule has 0 amide bonds. The predicted molar refractivity (Wildman–Crippen MR) is 117 cm³/mol. The summed E-state index contributed by atoms with van der Waals surface area (Å²) in [7, 11) is 0. The zero-order chi connectivity index (χ0) is 21.8. The van der Waals surface area contributed by atoms with E-state index in [0.29, 0.717) is 6.61 Å². The number of hydrogen-bond acceptors (Lipinski definition) is 6. The molecule has 0 aliphatic carbocycles. The summed E-state index contributed by atoms with van der Waals surface area (Å²) < 4.78 is 23.5.